The van der Waals surface area contributed by atoms with Crippen LogP contribution in [0, 0.1) is 0 Å². The summed E-state index contributed by atoms with van der Waals surface area (Å²) in [6, 6.07) is 13.0. The Balaban J connectivity index is 1.66. The number of carbonyl (C=O) groups excluding carboxylic acids is 1. The number of ether oxygens (including phenoxy) is 1. The van der Waals surface area contributed by atoms with Crippen LogP contribution in [0.5, 0.6) is 5.75 Å². The van der Waals surface area contributed by atoms with E-state index in [1.54, 1.807) is 31.6 Å². The van der Waals surface area contributed by atoms with Crippen LogP contribution in [0.3, 0.4) is 0 Å². The van der Waals surface area contributed by atoms with Crippen LogP contribution in [0.2, 0.25) is 0 Å². The maximum atomic E-state index is 12.0. The molecule has 0 atom stereocenters. The van der Waals surface area contributed by atoms with E-state index < -0.39 is 0 Å². The van der Waals surface area contributed by atoms with Gasteiger partial charge in [0.2, 0.25) is 5.91 Å². The Bertz CT molecular complexity index is 820. The number of amides is 1. The average molecular weight is 340 g/mol. The van der Waals surface area contributed by atoms with E-state index in [4.69, 9.17) is 4.74 Å². The fraction of sp³-hybridized carbons (Fsp3) is 0.118. The zero-order valence-electron chi connectivity index (χ0n) is 13.0. The van der Waals surface area contributed by atoms with Gasteiger partial charge in [0.1, 0.15) is 11.6 Å². The molecule has 0 spiro atoms. The minimum Gasteiger partial charge on any atom is -0.497 e. The lowest BCUT2D eigenvalue weighted by Gasteiger charge is -2.09. The molecule has 2 aromatic heterocycles. The van der Waals surface area contributed by atoms with E-state index in [1.807, 2.05) is 41.1 Å². The largest absolute Gasteiger partial charge is 0.497 e. The third-order valence-corrected chi connectivity index (χ3v) is 4.17. The zero-order valence-corrected chi connectivity index (χ0v) is 13.9. The fourth-order valence-electron chi connectivity index (χ4n) is 2.10. The third-order valence-electron chi connectivity index (χ3n) is 3.20. The molecule has 6 nitrogen and oxygen atoms in total. The number of hydrogen-bond acceptors (Lipinski definition) is 5. The zero-order chi connectivity index (χ0) is 16.8. The van der Waals surface area contributed by atoms with Gasteiger partial charge in [-0.15, -0.1) is 0 Å². The van der Waals surface area contributed by atoms with Crippen LogP contribution in [0.15, 0.2) is 66.2 Å². The molecular formula is C17H16N4O2S. The number of hydrogen-bond donors (Lipinski definition) is 1. The van der Waals surface area contributed by atoms with Crippen molar-refractivity contribution in [3.05, 3.63) is 61.1 Å². The van der Waals surface area contributed by atoms with E-state index >= 15 is 0 Å². The van der Waals surface area contributed by atoms with Gasteiger partial charge in [-0.25, -0.2) is 9.97 Å². The molecule has 0 saturated heterocycles. The van der Waals surface area contributed by atoms with Crippen LogP contribution in [0.1, 0.15) is 0 Å². The molecule has 0 aliphatic carbocycles. The van der Waals surface area contributed by atoms with Crippen LogP contribution in [0.4, 0.5) is 5.82 Å². The molecule has 0 bridgehead atoms. The Labute approximate surface area is 143 Å². The molecule has 122 valence electrons. The highest BCUT2D eigenvalue weighted by Gasteiger charge is 2.10. The number of nitrogens with one attached hydrogen (secondary N) is 1. The van der Waals surface area contributed by atoms with E-state index in [9.17, 15) is 4.79 Å². The summed E-state index contributed by atoms with van der Waals surface area (Å²) in [5.74, 6) is 1.43. The standard InChI is InChI=1S/C17H16N4O2S/c1-23-14-6-4-5-13(11-14)21-10-9-19-17(21)24-12-16(22)20-15-7-2-3-8-18-15/h2-11H,12H2,1H3,(H,18,20,22). The molecule has 24 heavy (non-hydrogen) atoms. The van der Waals surface area contributed by atoms with Gasteiger partial charge >= 0.3 is 0 Å². The summed E-state index contributed by atoms with van der Waals surface area (Å²) in [5, 5.41) is 3.49. The number of pyridine rings is 1. The number of methoxy groups -OCH3 is 1. The number of anilines is 1. The van der Waals surface area contributed by atoms with Crippen molar-refractivity contribution in [3.63, 3.8) is 0 Å². The van der Waals surface area contributed by atoms with Crippen molar-refractivity contribution in [1.29, 1.82) is 0 Å². The van der Waals surface area contributed by atoms with Crippen molar-refractivity contribution < 1.29 is 9.53 Å². The first kappa shape index (κ1) is 16.1. The van der Waals surface area contributed by atoms with Crippen molar-refractivity contribution in [2.75, 3.05) is 18.2 Å². The molecule has 0 radical (unpaired) electrons. The maximum absolute atomic E-state index is 12.0. The van der Waals surface area contributed by atoms with Gasteiger partial charge in [-0.1, -0.05) is 23.9 Å². The molecule has 1 amide bonds. The summed E-state index contributed by atoms with van der Waals surface area (Å²) >= 11 is 1.36. The SMILES string of the molecule is COc1cccc(-n2ccnc2SCC(=O)Nc2ccccn2)c1. The molecule has 2 heterocycles. The average Bonchev–Trinajstić information content (AvgIpc) is 3.09. The van der Waals surface area contributed by atoms with Crippen molar-refractivity contribution >= 4 is 23.5 Å². The Hall–Kier alpha value is -2.80. The molecule has 0 saturated carbocycles. The summed E-state index contributed by atoms with van der Waals surface area (Å²) < 4.78 is 7.16. The molecule has 0 unspecified atom stereocenters. The number of carbonyl (C=O) groups is 1. The molecule has 3 rings (SSSR count). The minimum atomic E-state index is -0.126. The van der Waals surface area contributed by atoms with Crippen molar-refractivity contribution in [3.8, 4) is 11.4 Å². The van der Waals surface area contributed by atoms with Gasteiger partial charge in [0.25, 0.3) is 0 Å². The topological polar surface area (TPSA) is 69.0 Å². The highest BCUT2D eigenvalue weighted by atomic mass is 32.2. The van der Waals surface area contributed by atoms with E-state index in [-0.39, 0.29) is 11.7 Å². The lowest BCUT2D eigenvalue weighted by atomic mass is 10.3. The van der Waals surface area contributed by atoms with Gasteiger partial charge in [-0.05, 0) is 24.3 Å². The van der Waals surface area contributed by atoms with Gasteiger partial charge in [-0.3, -0.25) is 9.36 Å². The lowest BCUT2D eigenvalue weighted by Crippen LogP contribution is -2.15. The van der Waals surface area contributed by atoms with Crippen LogP contribution in [-0.2, 0) is 4.79 Å². The summed E-state index contributed by atoms with van der Waals surface area (Å²) in [7, 11) is 1.63. The van der Waals surface area contributed by atoms with Gasteiger partial charge in [0.15, 0.2) is 5.16 Å². The first-order valence-electron chi connectivity index (χ1n) is 7.28. The van der Waals surface area contributed by atoms with E-state index in [1.165, 1.54) is 11.8 Å². The van der Waals surface area contributed by atoms with Crippen molar-refractivity contribution in [2.45, 2.75) is 5.16 Å². The van der Waals surface area contributed by atoms with Gasteiger partial charge in [-0.2, -0.15) is 0 Å². The summed E-state index contributed by atoms with van der Waals surface area (Å²) in [6.45, 7) is 0. The predicted octanol–water partition coefficient (Wildman–Crippen LogP) is 3.01. The number of rotatable bonds is 6. The Morgan fingerprint density at radius 3 is 2.92 bits per heavy atom. The number of thioether (sulfide) groups is 1. The van der Waals surface area contributed by atoms with E-state index in [2.05, 4.69) is 15.3 Å². The maximum Gasteiger partial charge on any atom is 0.236 e. The van der Waals surface area contributed by atoms with Gasteiger partial charge < -0.3 is 10.1 Å². The number of benzene rings is 1. The molecule has 1 aromatic carbocycles. The second-order valence-electron chi connectivity index (χ2n) is 4.83. The normalized spacial score (nSPS) is 10.4. The van der Waals surface area contributed by atoms with Crippen LogP contribution in [0.25, 0.3) is 5.69 Å². The molecule has 0 aliphatic heterocycles. The second kappa shape index (κ2) is 7.65. The highest BCUT2D eigenvalue weighted by molar-refractivity contribution is 7.99. The van der Waals surface area contributed by atoms with Crippen LogP contribution < -0.4 is 10.1 Å². The molecule has 7 heteroatoms. The van der Waals surface area contributed by atoms with Crippen LogP contribution >= 0.6 is 11.8 Å². The lowest BCUT2D eigenvalue weighted by molar-refractivity contribution is -0.113. The first-order valence-corrected chi connectivity index (χ1v) is 8.26. The predicted molar refractivity (Wildman–Crippen MR) is 93.7 cm³/mol. The number of nitrogens with zero attached hydrogens (tertiary/aromatic N) is 3. The molecule has 1 N–H and O–H groups in total. The Morgan fingerprint density at radius 2 is 2.12 bits per heavy atom. The van der Waals surface area contributed by atoms with Crippen molar-refractivity contribution in [2.24, 2.45) is 0 Å². The number of aromatic nitrogens is 3. The smallest absolute Gasteiger partial charge is 0.236 e. The monoisotopic (exact) mass is 340 g/mol. The molecule has 0 aliphatic rings. The summed E-state index contributed by atoms with van der Waals surface area (Å²) in [4.78, 5) is 20.4. The molecule has 3 aromatic rings. The molecular weight excluding hydrogens is 324 g/mol. The number of imidazole rings is 1. The summed E-state index contributed by atoms with van der Waals surface area (Å²) in [6.07, 6.45) is 5.20. The Morgan fingerprint density at radius 1 is 1.21 bits per heavy atom. The second-order valence-corrected chi connectivity index (χ2v) is 5.78. The Kier molecular flexibility index (Phi) is 5.12. The van der Waals surface area contributed by atoms with E-state index in [0.29, 0.717) is 5.82 Å². The van der Waals surface area contributed by atoms with E-state index in [0.717, 1.165) is 16.6 Å². The molecule has 0 fully saturated rings. The third kappa shape index (κ3) is 3.94. The minimum absolute atomic E-state index is 0.126. The highest BCUT2D eigenvalue weighted by Crippen LogP contribution is 2.23. The van der Waals surface area contributed by atoms with Gasteiger partial charge in [0.05, 0.1) is 18.6 Å². The van der Waals surface area contributed by atoms with Crippen LogP contribution in [-0.4, -0.2) is 33.3 Å². The first-order chi connectivity index (χ1) is 11.8. The summed E-state index contributed by atoms with van der Waals surface area (Å²) in [5.41, 5.74) is 0.930. The van der Waals surface area contributed by atoms with Crippen molar-refractivity contribution in [1.82, 2.24) is 14.5 Å². The fourth-order valence-corrected chi connectivity index (χ4v) is 2.87. The van der Waals surface area contributed by atoms with Gasteiger partial charge in [0, 0.05) is 24.7 Å². The quantitative estimate of drug-likeness (QED) is 0.699.